The largest absolute Gasteiger partial charge is 0.465 e. The molecule has 1 aliphatic heterocycles. The lowest BCUT2D eigenvalue weighted by atomic mass is 10.1. The SMILES string of the molecule is CC(C(=O)NC1CS(=O)(=O)c2ccccc2N(CCCCc2ccccc2)C1=O)N(C)C(=O)O. The van der Waals surface area contributed by atoms with E-state index >= 15 is 0 Å². The molecule has 3 rings (SSSR count). The summed E-state index contributed by atoms with van der Waals surface area (Å²) in [6.45, 7) is 1.66. The smallest absolute Gasteiger partial charge is 0.407 e. The zero-order valence-electron chi connectivity index (χ0n) is 19.2. The number of likely N-dealkylation sites (N-methyl/N-ethyl adjacent to an activating group) is 1. The third-order valence-electron chi connectivity index (χ3n) is 5.96. The molecule has 1 heterocycles. The number of carbonyl (C=O) groups is 3. The quantitative estimate of drug-likeness (QED) is 0.551. The number of amides is 3. The standard InChI is InChI=1S/C24H29N3O6S/c1-17(26(2)24(30)31)22(28)25-19-16-34(32,33)21-14-7-6-13-20(21)27(23(19)29)15-9-8-12-18-10-4-3-5-11-18/h3-7,10-11,13-14,17,19H,8-9,12,15-16H2,1-2H3,(H,25,28)(H,30,31). The number of benzene rings is 2. The Morgan fingerprint density at radius 2 is 1.76 bits per heavy atom. The van der Waals surface area contributed by atoms with Crippen LogP contribution in [0.4, 0.5) is 10.5 Å². The summed E-state index contributed by atoms with van der Waals surface area (Å²) in [4.78, 5) is 39.5. The van der Waals surface area contributed by atoms with Crippen LogP contribution < -0.4 is 10.2 Å². The normalized spacial score (nSPS) is 17.9. The molecule has 0 spiro atoms. The summed E-state index contributed by atoms with van der Waals surface area (Å²) < 4.78 is 26.1. The molecule has 0 fully saturated rings. The Kier molecular flexibility index (Phi) is 7.93. The number of fused-ring (bicyclic) bond motifs is 1. The Morgan fingerprint density at radius 1 is 1.12 bits per heavy atom. The molecular weight excluding hydrogens is 458 g/mol. The third kappa shape index (κ3) is 5.74. The second-order valence-electron chi connectivity index (χ2n) is 8.31. The minimum Gasteiger partial charge on any atom is -0.465 e. The summed E-state index contributed by atoms with van der Waals surface area (Å²) >= 11 is 0. The van der Waals surface area contributed by atoms with Gasteiger partial charge in [0.25, 0.3) is 5.91 Å². The number of hydrogen-bond donors (Lipinski definition) is 2. The van der Waals surface area contributed by atoms with Gasteiger partial charge in [0.05, 0.1) is 16.3 Å². The van der Waals surface area contributed by atoms with Crippen LogP contribution in [0.3, 0.4) is 0 Å². The molecule has 34 heavy (non-hydrogen) atoms. The summed E-state index contributed by atoms with van der Waals surface area (Å²) in [6.07, 6.45) is 0.936. The Labute approximate surface area is 199 Å². The van der Waals surface area contributed by atoms with Crippen LogP contribution >= 0.6 is 0 Å². The van der Waals surface area contributed by atoms with Gasteiger partial charge in [-0.1, -0.05) is 42.5 Å². The number of hydrogen-bond acceptors (Lipinski definition) is 5. The molecule has 9 nitrogen and oxygen atoms in total. The van der Waals surface area contributed by atoms with Crippen molar-refractivity contribution in [1.82, 2.24) is 10.2 Å². The number of carboxylic acid groups (broad SMARTS) is 1. The Hall–Kier alpha value is -3.40. The topological polar surface area (TPSA) is 124 Å². The van der Waals surface area contributed by atoms with E-state index < -0.39 is 45.6 Å². The highest BCUT2D eigenvalue weighted by Crippen LogP contribution is 2.30. The number of para-hydroxylation sites is 1. The van der Waals surface area contributed by atoms with Crippen LogP contribution in [0.15, 0.2) is 59.5 Å². The van der Waals surface area contributed by atoms with Crippen molar-refractivity contribution in [3.8, 4) is 0 Å². The summed E-state index contributed by atoms with van der Waals surface area (Å²) in [5.41, 5.74) is 1.47. The number of sulfone groups is 1. The third-order valence-corrected chi connectivity index (χ3v) is 7.75. The number of aryl methyl sites for hydroxylation is 1. The van der Waals surface area contributed by atoms with Crippen LogP contribution in [0.1, 0.15) is 25.3 Å². The van der Waals surface area contributed by atoms with Crippen LogP contribution in [-0.4, -0.2) is 67.8 Å². The van der Waals surface area contributed by atoms with Gasteiger partial charge in [-0.05, 0) is 43.9 Å². The lowest BCUT2D eigenvalue weighted by molar-refractivity contribution is -0.129. The molecule has 0 bridgehead atoms. The molecule has 0 saturated carbocycles. The lowest BCUT2D eigenvalue weighted by Gasteiger charge is -2.27. The Balaban J connectivity index is 1.81. The van der Waals surface area contributed by atoms with Gasteiger partial charge in [-0.2, -0.15) is 0 Å². The molecule has 0 radical (unpaired) electrons. The second-order valence-corrected chi connectivity index (χ2v) is 10.3. The molecule has 182 valence electrons. The van der Waals surface area contributed by atoms with Crippen molar-refractivity contribution < 1.29 is 27.9 Å². The molecule has 2 aromatic carbocycles. The number of carbonyl (C=O) groups excluding carboxylic acids is 2. The van der Waals surface area contributed by atoms with Gasteiger partial charge in [0.2, 0.25) is 5.91 Å². The summed E-state index contributed by atoms with van der Waals surface area (Å²) in [5, 5.41) is 11.6. The molecule has 0 aliphatic carbocycles. The van der Waals surface area contributed by atoms with Crippen molar-refractivity contribution in [1.29, 1.82) is 0 Å². The molecule has 2 atom stereocenters. The van der Waals surface area contributed by atoms with E-state index in [9.17, 15) is 22.8 Å². The van der Waals surface area contributed by atoms with E-state index in [1.807, 2.05) is 30.3 Å². The Morgan fingerprint density at radius 3 is 2.44 bits per heavy atom. The van der Waals surface area contributed by atoms with Gasteiger partial charge in [0.1, 0.15) is 12.1 Å². The molecule has 3 amide bonds. The molecule has 2 unspecified atom stereocenters. The summed E-state index contributed by atoms with van der Waals surface area (Å²) in [6, 6.07) is 13.8. The average Bonchev–Trinajstić information content (AvgIpc) is 2.89. The number of nitrogens with zero attached hydrogens (tertiary/aromatic N) is 2. The maximum Gasteiger partial charge on any atom is 0.407 e. The monoisotopic (exact) mass is 487 g/mol. The van der Waals surface area contributed by atoms with Crippen molar-refractivity contribution in [3.05, 3.63) is 60.2 Å². The highest BCUT2D eigenvalue weighted by molar-refractivity contribution is 7.91. The van der Waals surface area contributed by atoms with E-state index in [2.05, 4.69) is 5.32 Å². The fourth-order valence-corrected chi connectivity index (χ4v) is 5.47. The minimum absolute atomic E-state index is 0.0406. The highest BCUT2D eigenvalue weighted by Gasteiger charge is 2.39. The first-order valence-electron chi connectivity index (χ1n) is 11.0. The first-order chi connectivity index (χ1) is 16.1. The van der Waals surface area contributed by atoms with Crippen molar-refractivity contribution in [2.24, 2.45) is 0 Å². The van der Waals surface area contributed by atoms with Crippen molar-refractivity contribution in [2.45, 2.75) is 43.2 Å². The molecule has 0 saturated heterocycles. The van der Waals surface area contributed by atoms with E-state index in [1.54, 1.807) is 18.2 Å². The van der Waals surface area contributed by atoms with Crippen molar-refractivity contribution in [2.75, 3.05) is 24.2 Å². The first-order valence-corrected chi connectivity index (χ1v) is 12.7. The van der Waals surface area contributed by atoms with Gasteiger partial charge in [-0.25, -0.2) is 13.2 Å². The zero-order chi connectivity index (χ0) is 24.9. The predicted molar refractivity (Wildman–Crippen MR) is 127 cm³/mol. The minimum atomic E-state index is -3.88. The molecule has 2 N–H and O–H groups in total. The van der Waals surface area contributed by atoms with Gasteiger partial charge in [0.15, 0.2) is 9.84 Å². The second kappa shape index (κ2) is 10.7. The number of rotatable bonds is 8. The number of nitrogens with one attached hydrogen (secondary N) is 1. The average molecular weight is 488 g/mol. The highest BCUT2D eigenvalue weighted by atomic mass is 32.2. The number of anilines is 1. The molecule has 10 heteroatoms. The number of unbranched alkanes of at least 4 members (excludes halogenated alkanes) is 1. The van der Waals surface area contributed by atoms with E-state index in [1.165, 1.54) is 30.5 Å². The zero-order valence-corrected chi connectivity index (χ0v) is 20.0. The molecule has 2 aromatic rings. The van der Waals surface area contributed by atoms with Gasteiger partial charge in [-0.3, -0.25) is 14.5 Å². The van der Waals surface area contributed by atoms with E-state index in [0.717, 1.165) is 17.7 Å². The van der Waals surface area contributed by atoms with Gasteiger partial charge >= 0.3 is 6.09 Å². The molecular formula is C24H29N3O6S. The maximum absolute atomic E-state index is 13.4. The van der Waals surface area contributed by atoms with Crippen LogP contribution in [0, 0.1) is 0 Å². The van der Waals surface area contributed by atoms with E-state index in [4.69, 9.17) is 5.11 Å². The van der Waals surface area contributed by atoms with Crippen LogP contribution in [0.2, 0.25) is 0 Å². The lowest BCUT2D eigenvalue weighted by Crippen LogP contribution is -2.55. The van der Waals surface area contributed by atoms with Gasteiger partial charge in [-0.15, -0.1) is 0 Å². The van der Waals surface area contributed by atoms with E-state index in [-0.39, 0.29) is 11.4 Å². The maximum atomic E-state index is 13.4. The summed E-state index contributed by atoms with van der Waals surface area (Å²) in [7, 11) is -2.65. The summed E-state index contributed by atoms with van der Waals surface area (Å²) in [5.74, 6) is -1.88. The van der Waals surface area contributed by atoms with Crippen LogP contribution in [0.25, 0.3) is 0 Å². The predicted octanol–water partition coefficient (Wildman–Crippen LogP) is 2.31. The van der Waals surface area contributed by atoms with Crippen LogP contribution in [-0.2, 0) is 25.8 Å². The fourth-order valence-electron chi connectivity index (χ4n) is 3.84. The van der Waals surface area contributed by atoms with Gasteiger partial charge < -0.3 is 15.3 Å². The van der Waals surface area contributed by atoms with Crippen molar-refractivity contribution in [3.63, 3.8) is 0 Å². The molecule has 0 aromatic heterocycles. The Bertz CT molecular complexity index is 1150. The molecule has 1 aliphatic rings. The fraction of sp³-hybridized carbons (Fsp3) is 0.375. The van der Waals surface area contributed by atoms with Gasteiger partial charge in [0, 0.05) is 13.6 Å². The van der Waals surface area contributed by atoms with Crippen molar-refractivity contribution >= 4 is 33.4 Å². The van der Waals surface area contributed by atoms with E-state index in [0.29, 0.717) is 12.1 Å². The first kappa shape index (κ1) is 25.2. The van der Waals surface area contributed by atoms with Crippen LogP contribution in [0.5, 0.6) is 0 Å².